The number of aromatic nitrogens is 2. The maximum atomic E-state index is 12.7. The van der Waals surface area contributed by atoms with Gasteiger partial charge in [-0.3, -0.25) is 0 Å². The van der Waals surface area contributed by atoms with Crippen LogP contribution in [0.1, 0.15) is 34.9 Å². The Morgan fingerprint density at radius 1 is 0.931 bits per heavy atom. The van der Waals surface area contributed by atoms with Gasteiger partial charge in [0.1, 0.15) is 5.75 Å². The fraction of sp³-hybridized carbons (Fsp3) is 0.273. The van der Waals surface area contributed by atoms with Gasteiger partial charge in [-0.15, -0.1) is 0 Å². The summed E-state index contributed by atoms with van der Waals surface area (Å²) in [5.41, 5.74) is 3.27. The molecule has 0 aliphatic heterocycles. The van der Waals surface area contributed by atoms with Gasteiger partial charge < -0.3 is 4.74 Å². The number of hydrogen-bond acceptors (Lipinski definition) is 4. The van der Waals surface area contributed by atoms with Gasteiger partial charge >= 0.3 is 6.18 Å². The number of ether oxygens (including phenoxy) is 1. The number of alkyl halides is 3. The van der Waals surface area contributed by atoms with Gasteiger partial charge in [-0.2, -0.15) is 18.2 Å². The summed E-state index contributed by atoms with van der Waals surface area (Å²) in [6.07, 6.45) is -3.61. The molecule has 152 valence electrons. The first-order valence-corrected chi connectivity index (χ1v) is 10.1. The number of hydrogen-bond donors (Lipinski definition) is 0. The van der Waals surface area contributed by atoms with Gasteiger partial charge in [0.05, 0.1) is 5.56 Å². The molecule has 0 atom stereocenters. The molecule has 0 aliphatic carbocycles. The Morgan fingerprint density at radius 2 is 1.66 bits per heavy atom. The van der Waals surface area contributed by atoms with Crippen molar-refractivity contribution in [1.82, 2.24) is 9.97 Å². The van der Waals surface area contributed by atoms with Crippen LogP contribution >= 0.6 is 11.8 Å². The Kier molecular flexibility index (Phi) is 6.47. The van der Waals surface area contributed by atoms with Crippen LogP contribution in [0.2, 0.25) is 0 Å². The standard InChI is InChI=1S/C22H21F3N2OS/c1-4-18-12-20(28-19-10-5-14(2)15(3)11-19)27-21(26-18)29-13-16-6-8-17(9-7-16)22(23,24)25/h5-12H,4,13H2,1-3H3. The highest BCUT2D eigenvalue weighted by molar-refractivity contribution is 7.98. The lowest BCUT2D eigenvalue weighted by atomic mass is 10.1. The van der Waals surface area contributed by atoms with E-state index in [4.69, 9.17) is 4.74 Å². The average molecular weight is 418 g/mol. The second-order valence-corrected chi connectivity index (χ2v) is 7.61. The fourth-order valence-corrected chi connectivity index (χ4v) is 3.41. The summed E-state index contributed by atoms with van der Waals surface area (Å²) in [4.78, 5) is 8.94. The Bertz CT molecular complexity index is 988. The first-order chi connectivity index (χ1) is 13.7. The van der Waals surface area contributed by atoms with E-state index in [2.05, 4.69) is 9.97 Å². The molecule has 3 rings (SSSR count). The van der Waals surface area contributed by atoms with Crippen molar-refractivity contribution in [2.45, 2.75) is 44.3 Å². The third-order valence-electron chi connectivity index (χ3n) is 4.45. The predicted octanol–water partition coefficient (Wildman–Crippen LogP) is 6.76. The third-order valence-corrected chi connectivity index (χ3v) is 5.37. The molecule has 0 aliphatic rings. The zero-order valence-corrected chi connectivity index (χ0v) is 17.2. The van der Waals surface area contributed by atoms with Crippen molar-refractivity contribution in [2.75, 3.05) is 0 Å². The third kappa shape index (κ3) is 5.73. The summed E-state index contributed by atoms with van der Waals surface area (Å²) >= 11 is 1.36. The van der Waals surface area contributed by atoms with Gasteiger partial charge in [-0.1, -0.05) is 36.9 Å². The highest BCUT2D eigenvalue weighted by atomic mass is 32.2. The molecule has 0 radical (unpaired) electrons. The Balaban J connectivity index is 1.73. The molecular weight excluding hydrogens is 397 g/mol. The van der Waals surface area contributed by atoms with Crippen LogP contribution in [0, 0.1) is 13.8 Å². The quantitative estimate of drug-likeness (QED) is 0.327. The average Bonchev–Trinajstić information content (AvgIpc) is 2.68. The normalized spacial score (nSPS) is 11.5. The number of benzene rings is 2. The molecule has 0 spiro atoms. The van der Waals surface area contributed by atoms with Gasteiger partial charge in [0.25, 0.3) is 0 Å². The van der Waals surface area contributed by atoms with Crippen molar-refractivity contribution < 1.29 is 17.9 Å². The molecular formula is C22H21F3N2OS. The number of nitrogens with zero attached hydrogens (tertiary/aromatic N) is 2. The molecule has 3 nitrogen and oxygen atoms in total. The van der Waals surface area contributed by atoms with E-state index in [9.17, 15) is 13.2 Å². The minimum atomic E-state index is -4.33. The molecule has 1 aromatic heterocycles. The van der Waals surface area contributed by atoms with Crippen molar-refractivity contribution >= 4 is 11.8 Å². The maximum absolute atomic E-state index is 12.7. The SMILES string of the molecule is CCc1cc(Oc2ccc(C)c(C)c2)nc(SCc2ccc(C(F)(F)F)cc2)n1. The van der Waals surface area contributed by atoms with Crippen molar-refractivity contribution in [3.63, 3.8) is 0 Å². The predicted molar refractivity (Wildman–Crippen MR) is 108 cm³/mol. The molecule has 0 saturated heterocycles. The van der Waals surface area contributed by atoms with E-state index < -0.39 is 11.7 Å². The minimum absolute atomic E-state index is 0.454. The molecule has 2 aromatic carbocycles. The highest BCUT2D eigenvalue weighted by Gasteiger charge is 2.29. The van der Waals surface area contributed by atoms with E-state index in [1.807, 2.05) is 39.0 Å². The monoisotopic (exact) mass is 418 g/mol. The zero-order chi connectivity index (χ0) is 21.0. The highest BCUT2D eigenvalue weighted by Crippen LogP contribution is 2.30. The molecule has 0 saturated carbocycles. The first kappa shape index (κ1) is 21.2. The molecule has 0 bridgehead atoms. The topological polar surface area (TPSA) is 35.0 Å². The van der Waals surface area contributed by atoms with Crippen LogP contribution in [0.4, 0.5) is 13.2 Å². The lowest BCUT2D eigenvalue weighted by Crippen LogP contribution is -2.04. The second-order valence-electron chi connectivity index (χ2n) is 6.67. The summed E-state index contributed by atoms with van der Waals surface area (Å²) in [5, 5.41) is 0.531. The maximum Gasteiger partial charge on any atom is 0.416 e. The lowest BCUT2D eigenvalue weighted by Gasteiger charge is -2.10. The summed E-state index contributed by atoms with van der Waals surface area (Å²) in [5.74, 6) is 1.62. The molecule has 0 amide bonds. The number of rotatable bonds is 6. The largest absolute Gasteiger partial charge is 0.439 e. The zero-order valence-electron chi connectivity index (χ0n) is 16.4. The lowest BCUT2D eigenvalue weighted by molar-refractivity contribution is -0.137. The van der Waals surface area contributed by atoms with E-state index >= 15 is 0 Å². The van der Waals surface area contributed by atoms with Gasteiger partial charge in [0.15, 0.2) is 5.16 Å². The van der Waals surface area contributed by atoms with Gasteiger partial charge in [0.2, 0.25) is 5.88 Å². The molecule has 0 unspecified atom stereocenters. The van der Waals surface area contributed by atoms with Gasteiger partial charge in [-0.25, -0.2) is 4.98 Å². The van der Waals surface area contributed by atoms with Crippen LogP contribution in [-0.4, -0.2) is 9.97 Å². The molecule has 0 fully saturated rings. The van der Waals surface area contributed by atoms with E-state index in [-0.39, 0.29) is 0 Å². The van der Waals surface area contributed by atoms with E-state index in [0.29, 0.717) is 22.5 Å². The number of halogens is 3. The van der Waals surface area contributed by atoms with E-state index in [1.54, 1.807) is 6.07 Å². The minimum Gasteiger partial charge on any atom is -0.439 e. The van der Waals surface area contributed by atoms with Crippen LogP contribution in [0.3, 0.4) is 0 Å². The van der Waals surface area contributed by atoms with Crippen molar-refractivity contribution in [3.05, 3.63) is 76.5 Å². The van der Waals surface area contributed by atoms with Crippen molar-refractivity contribution in [1.29, 1.82) is 0 Å². The summed E-state index contributed by atoms with van der Waals surface area (Å²) in [6, 6.07) is 12.8. The fourth-order valence-electron chi connectivity index (χ4n) is 2.58. The summed E-state index contributed by atoms with van der Waals surface area (Å²) < 4.78 is 44.0. The van der Waals surface area contributed by atoms with Gasteiger partial charge in [-0.05, 0) is 61.2 Å². The first-order valence-electron chi connectivity index (χ1n) is 9.16. The molecule has 0 N–H and O–H groups in total. The summed E-state index contributed by atoms with van der Waals surface area (Å²) in [6.45, 7) is 6.05. The Morgan fingerprint density at radius 3 is 2.28 bits per heavy atom. The van der Waals surface area contributed by atoms with Gasteiger partial charge in [0, 0.05) is 17.5 Å². The van der Waals surface area contributed by atoms with E-state index in [1.165, 1.54) is 29.5 Å². The van der Waals surface area contributed by atoms with Crippen LogP contribution in [0.15, 0.2) is 53.7 Å². The number of aryl methyl sites for hydroxylation is 3. The summed E-state index contributed by atoms with van der Waals surface area (Å²) in [7, 11) is 0. The van der Waals surface area contributed by atoms with Crippen LogP contribution in [0.5, 0.6) is 11.6 Å². The molecule has 29 heavy (non-hydrogen) atoms. The second kappa shape index (κ2) is 8.86. The van der Waals surface area contributed by atoms with Crippen molar-refractivity contribution in [2.24, 2.45) is 0 Å². The number of thioether (sulfide) groups is 1. The Hall–Kier alpha value is -2.54. The smallest absolute Gasteiger partial charge is 0.416 e. The van der Waals surface area contributed by atoms with Crippen LogP contribution in [0.25, 0.3) is 0 Å². The molecule has 1 heterocycles. The molecule has 3 aromatic rings. The van der Waals surface area contributed by atoms with Crippen LogP contribution in [-0.2, 0) is 18.3 Å². The van der Waals surface area contributed by atoms with Crippen LogP contribution < -0.4 is 4.74 Å². The van der Waals surface area contributed by atoms with E-state index in [0.717, 1.165) is 35.4 Å². The van der Waals surface area contributed by atoms with Crippen molar-refractivity contribution in [3.8, 4) is 11.6 Å². The Labute approximate surface area is 172 Å². The molecule has 7 heteroatoms.